The van der Waals surface area contributed by atoms with Gasteiger partial charge in [-0.25, -0.2) is 0 Å². The van der Waals surface area contributed by atoms with E-state index in [2.05, 4.69) is 34.7 Å². The molecule has 1 heterocycles. The first kappa shape index (κ1) is 13.4. The van der Waals surface area contributed by atoms with Crippen LogP contribution in [0.5, 0.6) is 0 Å². The van der Waals surface area contributed by atoms with Crippen molar-refractivity contribution in [1.82, 2.24) is 20.8 Å². The predicted molar refractivity (Wildman–Crippen MR) is 71.4 cm³/mol. The van der Waals surface area contributed by atoms with E-state index in [0.29, 0.717) is 19.0 Å². The summed E-state index contributed by atoms with van der Waals surface area (Å²) >= 11 is 1.56. The topological polar surface area (TPSA) is 66.9 Å². The zero-order chi connectivity index (χ0) is 13.0. The minimum Gasteiger partial charge on any atom is -0.348 e. The summed E-state index contributed by atoms with van der Waals surface area (Å²) in [6, 6.07) is 0. The van der Waals surface area contributed by atoms with Gasteiger partial charge in [-0.15, -0.1) is 10.2 Å². The number of aromatic nitrogens is 2. The number of rotatable bonds is 7. The van der Waals surface area contributed by atoms with Crippen LogP contribution in [-0.4, -0.2) is 29.2 Å². The highest BCUT2D eigenvalue weighted by atomic mass is 32.1. The smallest absolute Gasteiger partial charge is 0.234 e. The number of amides is 1. The number of nitrogens with zero attached hydrogens (tertiary/aromatic N) is 2. The molecule has 0 aromatic carbocycles. The molecule has 0 saturated heterocycles. The molecular formula is C12H20N4OS. The van der Waals surface area contributed by atoms with Gasteiger partial charge in [0.15, 0.2) is 0 Å². The number of hydrogen-bond donors (Lipinski definition) is 2. The molecule has 0 unspecified atom stereocenters. The molecule has 100 valence electrons. The Hall–Kier alpha value is -1.01. The lowest BCUT2D eigenvalue weighted by molar-refractivity contribution is -0.120. The van der Waals surface area contributed by atoms with E-state index in [9.17, 15) is 4.79 Å². The van der Waals surface area contributed by atoms with Crippen molar-refractivity contribution < 1.29 is 4.79 Å². The maximum absolute atomic E-state index is 11.5. The Balaban J connectivity index is 1.64. The van der Waals surface area contributed by atoms with Crippen LogP contribution < -0.4 is 10.6 Å². The van der Waals surface area contributed by atoms with Gasteiger partial charge in [0.1, 0.15) is 10.0 Å². The van der Waals surface area contributed by atoms with Gasteiger partial charge >= 0.3 is 0 Å². The van der Waals surface area contributed by atoms with Crippen molar-refractivity contribution in [1.29, 1.82) is 0 Å². The molecule has 2 rings (SSSR count). The van der Waals surface area contributed by atoms with Gasteiger partial charge in [-0.05, 0) is 25.3 Å². The second kappa shape index (κ2) is 6.24. The van der Waals surface area contributed by atoms with Crippen molar-refractivity contribution in [2.45, 2.75) is 39.2 Å². The second-order valence-corrected chi connectivity index (χ2v) is 6.13. The van der Waals surface area contributed by atoms with Gasteiger partial charge in [-0.1, -0.05) is 25.2 Å². The first-order chi connectivity index (χ1) is 8.65. The Kier molecular flexibility index (Phi) is 4.66. The third-order valence-electron chi connectivity index (χ3n) is 2.83. The average Bonchev–Trinajstić information content (AvgIpc) is 3.02. The number of hydrogen-bond acceptors (Lipinski definition) is 5. The molecule has 0 spiro atoms. The Morgan fingerprint density at radius 2 is 2.22 bits per heavy atom. The summed E-state index contributed by atoms with van der Waals surface area (Å²) in [7, 11) is 0. The summed E-state index contributed by atoms with van der Waals surface area (Å²) in [5.41, 5.74) is 0. The third-order valence-corrected chi connectivity index (χ3v) is 4.05. The quantitative estimate of drug-likeness (QED) is 0.781. The normalized spacial score (nSPS) is 15.1. The van der Waals surface area contributed by atoms with Crippen LogP contribution in [0.1, 0.15) is 42.6 Å². The van der Waals surface area contributed by atoms with E-state index >= 15 is 0 Å². The first-order valence-electron chi connectivity index (χ1n) is 6.45. The minimum atomic E-state index is 0.0250. The molecule has 5 nitrogen and oxygen atoms in total. The highest BCUT2D eigenvalue weighted by Crippen LogP contribution is 2.27. The zero-order valence-corrected chi connectivity index (χ0v) is 11.7. The SMILES string of the molecule is CC(C)c1nnc(CNC(=O)CNCC2CC2)s1. The standard InChI is InChI=1S/C12H20N4OS/c1-8(2)12-16-15-11(18-12)7-14-10(17)6-13-5-9-3-4-9/h8-9,13H,3-7H2,1-2H3,(H,14,17). The van der Waals surface area contributed by atoms with E-state index in [1.807, 2.05) is 0 Å². The van der Waals surface area contributed by atoms with Crippen LogP contribution in [0.2, 0.25) is 0 Å². The summed E-state index contributed by atoms with van der Waals surface area (Å²) < 4.78 is 0. The molecule has 1 aliphatic carbocycles. The highest BCUT2D eigenvalue weighted by molar-refractivity contribution is 7.11. The molecule has 1 amide bonds. The minimum absolute atomic E-state index is 0.0250. The van der Waals surface area contributed by atoms with Crippen LogP contribution in [0, 0.1) is 5.92 Å². The van der Waals surface area contributed by atoms with Crippen molar-refractivity contribution in [3.05, 3.63) is 10.0 Å². The van der Waals surface area contributed by atoms with E-state index in [1.165, 1.54) is 12.8 Å². The molecule has 6 heteroatoms. The van der Waals surface area contributed by atoms with E-state index in [0.717, 1.165) is 22.5 Å². The van der Waals surface area contributed by atoms with Crippen molar-refractivity contribution >= 4 is 17.2 Å². The van der Waals surface area contributed by atoms with Crippen molar-refractivity contribution in [3.63, 3.8) is 0 Å². The molecule has 0 atom stereocenters. The Bertz CT molecular complexity index is 401. The van der Waals surface area contributed by atoms with E-state index in [4.69, 9.17) is 0 Å². The Labute approximate surface area is 111 Å². The summed E-state index contributed by atoms with van der Waals surface area (Å²) in [5.74, 6) is 1.22. The van der Waals surface area contributed by atoms with E-state index in [-0.39, 0.29) is 5.91 Å². The monoisotopic (exact) mass is 268 g/mol. The Morgan fingerprint density at radius 1 is 1.44 bits per heavy atom. The van der Waals surface area contributed by atoms with Gasteiger partial charge < -0.3 is 10.6 Å². The van der Waals surface area contributed by atoms with Gasteiger partial charge in [0.05, 0.1) is 13.1 Å². The van der Waals surface area contributed by atoms with Gasteiger partial charge in [0.25, 0.3) is 0 Å². The lowest BCUT2D eigenvalue weighted by atomic mass is 10.2. The van der Waals surface area contributed by atoms with Crippen molar-refractivity contribution in [2.24, 2.45) is 5.92 Å². The number of carbonyl (C=O) groups is 1. The number of nitrogens with one attached hydrogen (secondary N) is 2. The summed E-state index contributed by atoms with van der Waals surface area (Å²) in [6.45, 7) is 6.01. The molecule has 1 fully saturated rings. The Morgan fingerprint density at radius 3 is 2.83 bits per heavy atom. The van der Waals surface area contributed by atoms with E-state index in [1.54, 1.807) is 11.3 Å². The van der Waals surface area contributed by atoms with Crippen LogP contribution >= 0.6 is 11.3 Å². The summed E-state index contributed by atoms with van der Waals surface area (Å²) in [6.07, 6.45) is 2.61. The van der Waals surface area contributed by atoms with Crippen molar-refractivity contribution in [2.75, 3.05) is 13.1 Å². The van der Waals surface area contributed by atoms with Gasteiger partial charge in [0, 0.05) is 5.92 Å². The van der Waals surface area contributed by atoms with Gasteiger partial charge in [-0.3, -0.25) is 4.79 Å². The molecular weight excluding hydrogens is 248 g/mol. The molecule has 0 radical (unpaired) electrons. The average molecular weight is 268 g/mol. The molecule has 2 N–H and O–H groups in total. The van der Waals surface area contributed by atoms with Gasteiger partial charge in [-0.2, -0.15) is 0 Å². The molecule has 1 aromatic heterocycles. The lowest BCUT2D eigenvalue weighted by Crippen LogP contribution is -2.34. The van der Waals surface area contributed by atoms with Crippen molar-refractivity contribution in [3.8, 4) is 0 Å². The van der Waals surface area contributed by atoms with Crippen LogP contribution in [0.15, 0.2) is 0 Å². The number of carbonyl (C=O) groups excluding carboxylic acids is 1. The highest BCUT2D eigenvalue weighted by Gasteiger charge is 2.20. The maximum Gasteiger partial charge on any atom is 0.234 e. The van der Waals surface area contributed by atoms with Gasteiger partial charge in [0.2, 0.25) is 5.91 Å². The zero-order valence-electron chi connectivity index (χ0n) is 10.9. The maximum atomic E-state index is 11.5. The molecule has 1 aromatic rings. The fourth-order valence-corrected chi connectivity index (χ4v) is 2.30. The second-order valence-electron chi connectivity index (χ2n) is 5.04. The largest absolute Gasteiger partial charge is 0.348 e. The van der Waals surface area contributed by atoms with Crippen LogP contribution in [-0.2, 0) is 11.3 Å². The molecule has 0 bridgehead atoms. The predicted octanol–water partition coefficient (Wildman–Crippen LogP) is 1.28. The van der Waals surface area contributed by atoms with Crippen LogP contribution in [0.4, 0.5) is 0 Å². The van der Waals surface area contributed by atoms with E-state index < -0.39 is 0 Å². The lowest BCUT2D eigenvalue weighted by Gasteiger charge is -2.04. The first-order valence-corrected chi connectivity index (χ1v) is 7.26. The summed E-state index contributed by atoms with van der Waals surface area (Å²) in [4.78, 5) is 11.5. The molecule has 1 saturated carbocycles. The van der Waals surface area contributed by atoms with Crippen LogP contribution in [0.25, 0.3) is 0 Å². The summed E-state index contributed by atoms with van der Waals surface area (Å²) in [5, 5.41) is 16.1. The molecule has 0 aliphatic heterocycles. The third kappa shape index (κ3) is 4.34. The van der Waals surface area contributed by atoms with Crippen LogP contribution in [0.3, 0.4) is 0 Å². The fourth-order valence-electron chi connectivity index (χ4n) is 1.52. The fraction of sp³-hybridized carbons (Fsp3) is 0.750. The molecule has 18 heavy (non-hydrogen) atoms. The molecule has 1 aliphatic rings.